The molecule has 2 aromatic rings. The second-order valence-corrected chi connectivity index (χ2v) is 5.02. The summed E-state index contributed by atoms with van der Waals surface area (Å²) in [6.07, 6.45) is 0. The molecule has 0 saturated heterocycles. The Morgan fingerprint density at radius 1 is 1.17 bits per heavy atom. The summed E-state index contributed by atoms with van der Waals surface area (Å²) in [7, 11) is 1.51. The van der Waals surface area contributed by atoms with Gasteiger partial charge in [0.05, 0.1) is 30.0 Å². The Morgan fingerprint density at radius 3 is 2.50 bits per heavy atom. The normalized spacial score (nSPS) is 9.71. The van der Waals surface area contributed by atoms with Gasteiger partial charge in [-0.2, -0.15) is 5.26 Å². The molecule has 0 aromatic heterocycles. The number of carbonyl (C=O) groups is 2. The van der Waals surface area contributed by atoms with Crippen molar-refractivity contribution in [1.29, 1.82) is 5.26 Å². The Balaban J connectivity index is 1.94. The molecule has 6 nitrogen and oxygen atoms in total. The van der Waals surface area contributed by atoms with E-state index in [0.29, 0.717) is 17.0 Å². The van der Waals surface area contributed by atoms with E-state index in [1.807, 2.05) is 19.1 Å². The number of ether oxygens (including phenoxy) is 2. The first-order chi connectivity index (χ1) is 11.5. The van der Waals surface area contributed by atoms with E-state index in [2.05, 4.69) is 5.32 Å². The molecule has 0 radical (unpaired) electrons. The molecule has 0 fully saturated rings. The number of nitriles is 1. The average molecular weight is 324 g/mol. The first-order valence-electron chi connectivity index (χ1n) is 7.15. The van der Waals surface area contributed by atoms with Gasteiger partial charge in [-0.25, -0.2) is 4.79 Å². The fourth-order valence-corrected chi connectivity index (χ4v) is 2.00. The molecule has 0 heterocycles. The number of rotatable bonds is 5. The molecule has 0 unspecified atom stereocenters. The Labute approximate surface area is 139 Å². The largest absolute Gasteiger partial charge is 0.495 e. The number of nitrogens with one attached hydrogen (secondary N) is 1. The van der Waals surface area contributed by atoms with Crippen LogP contribution in [0.2, 0.25) is 0 Å². The summed E-state index contributed by atoms with van der Waals surface area (Å²) in [6.45, 7) is 1.47. The Bertz CT molecular complexity index is 792. The van der Waals surface area contributed by atoms with Crippen molar-refractivity contribution < 1.29 is 19.1 Å². The minimum Gasteiger partial charge on any atom is -0.495 e. The molecule has 0 aliphatic rings. The van der Waals surface area contributed by atoms with Gasteiger partial charge in [0, 0.05) is 0 Å². The molecule has 0 spiro atoms. The number of carbonyl (C=O) groups excluding carboxylic acids is 2. The highest BCUT2D eigenvalue weighted by Crippen LogP contribution is 2.25. The number of anilines is 1. The van der Waals surface area contributed by atoms with Gasteiger partial charge in [0.15, 0.2) is 6.61 Å². The van der Waals surface area contributed by atoms with Gasteiger partial charge >= 0.3 is 5.97 Å². The van der Waals surface area contributed by atoms with Gasteiger partial charge in [0.25, 0.3) is 5.91 Å². The van der Waals surface area contributed by atoms with E-state index in [1.165, 1.54) is 31.4 Å². The van der Waals surface area contributed by atoms with Gasteiger partial charge in [-0.15, -0.1) is 0 Å². The molecule has 0 bridgehead atoms. The molecule has 1 amide bonds. The summed E-state index contributed by atoms with van der Waals surface area (Å²) < 4.78 is 10.1. The van der Waals surface area contributed by atoms with E-state index in [-0.39, 0.29) is 5.56 Å². The van der Waals surface area contributed by atoms with Crippen molar-refractivity contribution in [3.8, 4) is 11.8 Å². The van der Waals surface area contributed by atoms with Crippen LogP contribution in [-0.2, 0) is 9.53 Å². The number of hydrogen-bond donors (Lipinski definition) is 1. The lowest BCUT2D eigenvalue weighted by atomic mass is 10.1. The molecule has 0 aliphatic heterocycles. The van der Waals surface area contributed by atoms with E-state index in [4.69, 9.17) is 14.7 Å². The second kappa shape index (κ2) is 7.79. The molecular formula is C18H16N2O4. The Morgan fingerprint density at radius 2 is 1.88 bits per heavy atom. The number of methoxy groups -OCH3 is 1. The highest BCUT2D eigenvalue weighted by Gasteiger charge is 2.12. The molecule has 1 N–H and O–H groups in total. The first kappa shape index (κ1) is 17.0. The molecule has 24 heavy (non-hydrogen) atoms. The van der Waals surface area contributed by atoms with Crippen molar-refractivity contribution in [2.24, 2.45) is 0 Å². The third-order valence-corrected chi connectivity index (χ3v) is 3.21. The monoisotopic (exact) mass is 324 g/mol. The number of nitrogens with zero attached hydrogens (tertiary/aromatic N) is 1. The van der Waals surface area contributed by atoms with Crippen LogP contribution in [0.3, 0.4) is 0 Å². The van der Waals surface area contributed by atoms with E-state index in [9.17, 15) is 9.59 Å². The summed E-state index contributed by atoms with van der Waals surface area (Å²) >= 11 is 0. The van der Waals surface area contributed by atoms with Crippen LogP contribution in [-0.4, -0.2) is 25.6 Å². The van der Waals surface area contributed by atoms with Crippen LogP contribution in [0.4, 0.5) is 5.69 Å². The minimum absolute atomic E-state index is 0.273. The third-order valence-electron chi connectivity index (χ3n) is 3.21. The predicted molar refractivity (Wildman–Crippen MR) is 87.8 cm³/mol. The molecule has 0 atom stereocenters. The van der Waals surface area contributed by atoms with Crippen LogP contribution < -0.4 is 10.1 Å². The van der Waals surface area contributed by atoms with Crippen LogP contribution in [0.15, 0.2) is 42.5 Å². The molecular weight excluding hydrogens is 308 g/mol. The van der Waals surface area contributed by atoms with E-state index >= 15 is 0 Å². The number of esters is 1. The number of aryl methyl sites for hydroxylation is 1. The van der Waals surface area contributed by atoms with Crippen LogP contribution in [0.25, 0.3) is 0 Å². The Kier molecular flexibility index (Phi) is 5.53. The van der Waals surface area contributed by atoms with Crippen molar-refractivity contribution in [3.63, 3.8) is 0 Å². The van der Waals surface area contributed by atoms with Crippen molar-refractivity contribution in [1.82, 2.24) is 0 Å². The Hall–Kier alpha value is -3.33. The zero-order chi connectivity index (χ0) is 17.5. The molecule has 0 saturated carbocycles. The van der Waals surface area contributed by atoms with Gasteiger partial charge in [-0.3, -0.25) is 4.79 Å². The lowest BCUT2D eigenvalue weighted by Gasteiger charge is -2.11. The molecule has 6 heteroatoms. The van der Waals surface area contributed by atoms with Crippen molar-refractivity contribution in [3.05, 3.63) is 59.2 Å². The first-order valence-corrected chi connectivity index (χ1v) is 7.15. The highest BCUT2D eigenvalue weighted by atomic mass is 16.5. The second-order valence-electron chi connectivity index (χ2n) is 5.02. The zero-order valence-electron chi connectivity index (χ0n) is 13.3. The van der Waals surface area contributed by atoms with E-state index in [0.717, 1.165) is 5.56 Å². The van der Waals surface area contributed by atoms with Gasteiger partial charge in [-0.1, -0.05) is 6.07 Å². The molecule has 122 valence electrons. The maximum absolute atomic E-state index is 11.9. The van der Waals surface area contributed by atoms with Crippen LogP contribution in [0, 0.1) is 18.3 Å². The number of hydrogen-bond acceptors (Lipinski definition) is 5. The predicted octanol–water partition coefficient (Wildman–Crippen LogP) is 2.67. The average Bonchev–Trinajstić information content (AvgIpc) is 2.60. The fraction of sp³-hybridized carbons (Fsp3) is 0.167. The van der Waals surface area contributed by atoms with Crippen LogP contribution in [0.5, 0.6) is 5.75 Å². The smallest absolute Gasteiger partial charge is 0.338 e. The SMILES string of the molecule is COc1ccc(C)cc1NC(=O)COC(=O)c1ccc(C#N)cc1. The van der Waals surface area contributed by atoms with Crippen LogP contribution in [0.1, 0.15) is 21.5 Å². The quantitative estimate of drug-likeness (QED) is 0.854. The molecule has 2 aromatic carbocycles. The molecule has 2 rings (SSSR count). The van der Waals surface area contributed by atoms with Gasteiger partial charge < -0.3 is 14.8 Å². The lowest BCUT2D eigenvalue weighted by Crippen LogP contribution is -2.21. The van der Waals surface area contributed by atoms with Gasteiger partial charge in [0.1, 0.15) is 5.75 Å². The van der Waals surface area contributed by atoms with Crippen molar-refractivity contribution in [2.75, 3.05) is 19.0 Å². The highest BCUT2D eigenvalue weighted by molar-refractivity contribution is 5.96. The summed E-state index contributed by atoms with van der Waals surface area (Å²) in [6, 6.07) is 13.3. The van der Waals surface area contributed by atoms with Crippen molar-refractivity contribution in [2.45, 2.75) is 6.92 Å². The summed E-state index contributed by atoms with van der Waals surface area (Å²) in [4.78, 5) is 23.8. The van der Waals surface area contributed by atoms with Crippen molar-refractivity contribution >= 4 is 17.6 Å². The minimum atomic E-state index is -0.633. The summed E-state index contributed by atoms with van der Waals surface area (Å²) in [5.74, 6) is -0.584. The number of amides is 1. The van der Waals surface area contributed by atoms with E-state index in [1.54, 1.807) is 12.1 Å². The topological polar surface area (TPSA) is 88.4 Å². The van der Waals surface area contributed by atoms with E-state index < -0.39 is 18.5 Å². The van der Waals surface area contributed by atoms with Gasteiger partial charge in [-0.05, 0) is 48.9 Å². The fourth-order valence-electron chi connectivity index (χ4n) is 2.00. The van der Waals surface area contributed by atoms with Crippen LogP contribution >= 0.6 is 0 Å². The maximum Gasteiger partial charge on any atom is 0.338 e. The third kappa shape index (κ3) is 4.34. The lowest BCUT2D eigenvalue weighted by molar-refractivity contribution is -0.119. The summed E-state index contributed by atoms with van der Waals surface area (Å²) in [5, 5.41) is 11.4. The zero-order valence-corrected chi connectivity index (χ0v) is 13.3. The summed E-state index contributed by atoms with van der Waals surface area (Å²) in [5.41, 5.74) is 2.18. The number of benzene rings is 2. The maximum atomic E-state index is 11.9. The van der Waals surface area contributed by atoms with Gasteiger partial charge in [0.2, 0.25) is 0 Å². The molecule has 0 aliphatic carbocycles. The standard InChI is InChI=1S/C18H16N2O4/c1-12-3-8-16(23-2)15(9-12)20-17(21)11-24-18(22)14-6-4-13(10-19)5-7-14/h3-9H,11H2,1-2H3,(H,20,21).